The van der Waals surface area contributed by atoms with E-state index in [4.69, 9.17) is 4.74 Å². The van der Waals surface area contributed by atoms with Gasteiger partial charge in [-0.25, -0.2) is 0 Å². The quantitative estimate of drug-likeness (QED) is 0.584. The largest absolute Gasteiger partial charge is 0.375 e. The summed E-state index contributed by atoms with van der Waals surface area (Å²) in [4.78, 5) is 0. The Hall–Kier alpha value is -0.0400. The minimum Gasteiger partial charge on any atom is -0.375 e. The molecule has 2 fully saturated rings. The maximum absolute atomic E-state index is 5.87. The van der Waals surface area contributed by atoms with E-state index in [2.05, 4.69) is 6.92 Å². The van der Waals surface area contributed by atoms with Gasteiger partial charge >= 0.3 is 0 Å². The van der Waals surface area contributed by atoms with Crippen molar-refractivity contribution in [3.05, 3.63) is 0 Å². The van der Waals surface area contributed by atoms with Crippen LogP contribution in [0.1, 0.15) is 51.9 Å². The van der Waals surface area contributed by atoms with Crippen LogP contribution in [-0.4, -0.2) is 12.2 Å². The van der Waals surface area contributed by atoms with Crippen molar-refractivity contribution in [1.82, 2.24) is 0 Å². The Balaban J connectivity index is 1.88. The molecule has 1 nitrogen and oxygen atoms in total. The molecular formula is C11H20O. The highest BCUT2D eigenvalue weighted by molar-refractivity contribution is 4.89. The fourth-order valence-electron chi connectivity index (χ4n) is 2.76. The maximum Gasteiger partial charge on any atom is 0.0683 e. The standard InChI is InChI=1S/C11H20O/c1-2-10-4-7-11(8-5-10)6-3-9-12-11/h10H,2-9H2,1H3/t10-,11+. The first-order valence-corrected chi connectivity index (χ1v) is 5.49. The molecule has 0 radical (unpaired) electrons. The predicted octanol–water partition coefficient (Wildman–Crippen LogP) is 3.14. The second kappa shape index (κ2) is 3.37. The Labute approximate surface area is 75.5 Å². The molecule has 1 heteroatoms. The van der Waals surface area contributed by atoms with Gasteiger partial charge in [0.2, 0.25) is 0 Å². The third-order valence-electron chi connectivity index (χ3n) is 3.78. The van der Waals surface area contributed by atoms with Crippen LogP contribution in [0.3, 0.4) is 0 Å². The summed E-state index contributed by atoms with van der Waals surface area (Å²) in [6.07, 6.45) is 9.51. The monoisotopic (exact) mass is 168 g/mol. The van der Waals surface area contributed by atoms with Gasteiger partial charge in [0, 0.05) is 6.61 Å². The van der Waals surface area contributed by atoms with E-state index in [0.717, 1.165) is 12.5 Å². The molecular weight excluding hydrogens is 148 g/mol. The van der Waals surface area contributed by atoms with Crippen LogP contribution in [0.2, 0.25) is 0 Å². The van der Waals surface area contributed by atoms with E-state index >= 15 is 0 Å². The lowest BCUT2D eigenvalue weighted by atomic mass is 9.76. The molecule has 0 N–H and O–H groups in total. The van der Waals surface area contributed by atoms with Crippen molar-refractivity contribution in [3.8, 4) is 0 Å². The Bertz CT molecular complexity index is 137. The van der Waals surface area contributed by atoms with E-state index in [1.54, 1.807) is 0 Å². The van der Waals surface area contributed by atoms with Gasteiger partial charge < -0.3 is 4.74 Å². The second-order valence-corrected chi connectivity index (χ2v) is 4.49. The first-order valence-electron chi connectivity index (χ1n) is 5.49. The van der Waals surface area contributed by atoms with Crippen molar-refractivity contribution < 1.29 is 4.74 Å². The lowest BCUT2D eigenvalue weighted by molar-refractivity contribution is -0.0349. The van der Waals surface area contributed by atoms with Gasteiger partial charge in [-0.15, -0.1) is 0 Å². The van der Waals surface area contributed by atoms with E-state index in [1.165, 1.54) is 44.9 Å². The molecule has 1 spiro atoms. The average Bonchev–Trinajstić information content (AvgIpc) is 2.55. The minimum atomic E-state index is 0.353. The van der Waals surface area contributed by atoms with Gasteiger partial charge in [0.25, 0.3) is 0 Å². The number of hydrogen-bond donors (Lipinski definition) is 0. The number of hydrogen-bond acceptors (Lipinski definition) is 1. The first kappa shape index (κ1) is 8.55. The first-order chi connectivity index (χ1) is 5.85. The molecule has 70 valence electrons. The van der Waals surface area contributed by atoms with Crippen LogP contribution in [0.5, 0.6) is 0 Å². The molecule has 0 amide bonds. The topological polar surface area (TPSA) is 9.23 Å². The normalized spacial score (nSPS) is 42.2. The highest BCUT2D eigenvalue weighted by Gasteiger charge is 2.38. The second-order valence-electron chi connectivity index (χ2n) is 4.49. The summed E-state index contributed by atoms with van der Waals surface area (Å²) >= 11 is 0. The Kier molecular flexibility index (Phi) is 2.40. The van der Waals surface area contributed by atoms with Crippen LogP contribution < -0.4 is 0 Å². The van der Waals surface area contributed by atoms with Crippen LogP contribution in [0, 0.1) is 5.92 Å². The van der Waals surface area contributed by atoms with Crippen molar-refractivity contribution in [2.75, 3.05) is 6.61 Å². The van der Waals surface area contributed by atoms with E-state index < -0.39 is 0 Å². The molecule has 0 aromatic carbocycles. The lowest BCUT2D eigenvalue weighted by Crippen LogP contribution is -2.33. The molecule has 2 rings (SSSR count). The van der Waals surface area contributed by atoms with Gasteiger partial charge in [-0.3, -0.25) is 0 Å². The molecule has 1 saturated heterocycles. The molecule has 0 atom stereocenters. The van der Waals surface area contributed by atoms with E-state index in [9.17, 15) is 0 Å². The van der Waals surface area contributed by atoms with Gasteiger partial charge in [0.1, 0.15) is 0 Å². The molecule has 0 bridgehead atoms. The van der Waals surface area contributed by atoms with Crippen molar-refractivity contribution >= 4 is 0 Å². The Morgan fingerprint density at radius 1 is 1.25 bits per heavy atom. The summed E-state index contributed by atoms with van der Waals surface area (Å²) in [5.74, 6) is 1.000. The zero-order valence-electron chi connectivity index (χ0n) is 8.14. The summed E-state index contributed by atoms with van der Waals surface area (Å²) in [7, 11) is 0. The van der Waals surface area contributed by atoms with Crippen LogP contribution >= 0.6 is 0 Å². The molecule has 1 saturated carbocycles. The molecule has 1 heterocycles. The lowest BCUT2D eigenvalue weighted by Gasteiger charge is -2.36. The smallest absolute Gasteiger partial charge is 0.0683 e. The summed E-state index contributed by atoms with van der Waals surface area (Å²) in [6, 6.07) is 0. The van der Waals surface area contributed by atoms with Crippen molar-refractivity contribution in [2.45, 2.75) is 57.5 Å². The zero-order valence-corrected chi connectivity index (χ0v) is 8.14. The van der Waals surface area contributed by atoms with Crippen molar-refractivity contribution in [2.24, 2.45) is 5.92 Å². The van der Waals surface area contributed by atoms with Crippen molar-refractivity contribution in [3.63, 3.8) is 0 Å². The summed E-state index contributed by atoms with van der Waals surface area (Å²) in [5, 5.41) is 0. The number of ether oxygens (including phenoxy) is 1. The molecule has 0 aromatic heterocycles. The van der Waals surface area contributed by atoms with Crippen molar-refractivity contribution in [1.29, 1.82) is 0 Å². The third-order valence-corrected chi connectivity index (χ3v) is 3.78. The Morgan fingerprint density at radius 2 is 2.00 bits per heavy atom. The van der Waals surface area contributed by atoms with Gasteiger partial charge in [-0.2, -0.15) is 0 Å². The predicted molar refractivity (Wildman–Crippen MR) is 50.2 cm³/mol. The highest BCUT2D eigenvalue weighted by Crippen LogP contribution is 2.41. The van der Waals surface area contributed by atoms with Crippen LogP contribution in [-0.2, 0) is 4.74 Å². The molecule has 0 aromatic rings. The van der Waals surface area contributed by atoms with Crippen LogP contribution in [0.4, 0.5) is 0 Å². The highest BCUT2D eigenvalue weighted by atomic mass is 16.5. The molecule has 1 aliphatic carbocycles. The van der Waals surface area contributed by atoms with Gasteiger partial charge in [0.05, 0.1) is 5.60 Å². The summed E-state index contributed by atoms with van der Waals surface area (Å²) in [6.45, 7) is 3.34. The fourth-order valence-corrected chi connectivity index (χ4v) is 2.76. The van der Waals surface area contributed by atoms with Crippen LogP contribution in [0.15, 0.2) is 0 Å². The SMILES string of the molecule is CC[C@H]1CC[C@]2(CCCO2)CC1. The summed E-state index contributed by atoms with van der Waals surface area (Å²) < 4.78 is 5.87. The van der Waals surface area contributed by atoms with Gasteiger partial charge in [0.15, 0.2) is 0 Å². The maximum atomic E-state index is 5.87. The van der Waals surface area contributed by atoms with E-state index in [1.807, 2.05) is 0 Å². The van der Waals surface area contributed by atoms with Crippen LogP contribution in [0.25, 0.3) is 0 Å². The third kappa shape index (κ3) is 1.52. The Morgan fingerprint density at radius 3 is 2.50 bits per heavy atom. The fraction of sp³-hybridized carbons (Fsp3) is 1.00. The van der Waals surface area contributed by atoms with Gasteiger partial charge in [-0.1, -0.05) is 13.3 Å². The molecule has 0 unspecified atom stereocenters. The molecule has 2 aliphatic rings. The van der Waals surface area contributed by atoms with E-state index in [-0.39, 0.29) is 0 Å². The zero-order chi connectivity index (χ0) is 8.44. The molecule has 12 heavy (non-hydrogen) atoms. The van der Waals surface area contributed by atoms with Gasteiger partial charge in [-0.05, 0) is 44.4 Å². The minimum absolute atomic E-state index is 0.353. The summed E-state index contributed by atoms with van der Waals surface area (Å²) in [5.41, 5.74) is 0.353. The average molecular weight is 168 g/mol. The number of rotatable bonds is 1. The molecule has 1 aliphatic heterocycles. The van der Waals surface area contributed by atoms with E-state index in [0.29, 0.717) is 5.60 Å².